The molecule has 3 heterocycles. The zero-order valence-corrected chi connectivity index (χ0v) is 14.2. The zero-order chi connectivity index (χ0) is 16.5. The van der Waals surface area contributed by atoms with Gasteiger partial charge in [0.05, 0.1) is 12.6 Å². The van der Waals surface area contributed by atoms with Crippen LogP contribution in [-0.4, -0.2) is 22.3 Å². The lowest BCUT2D eigenvalue weighted by molar-refractivity contribution is 0.0937. The van der Waals surface area contributed by atoms with Crippen LogP contribution >= 0.6 is 22.9 Å². The summed E-state index contributed by atoms with van der Waals surface area (Å²) in [5.41, 5.74) is 1.33. The largest absolute Gasteiger partial charge is 0.476 e. The Bertz CT molecular complexity index is 837. The molecule has 0 radical (unpaired) electrons. The normalized spacial score (nSPS) is 14.0. The first-order valence-corrected chi connectivity index (χ1v) is 8.77. The van der Waals surface area contributed by atoms with E-state index in [2.05, 4.69) is 10.4 Å². The summed E-state index contributed by atoms with van der Waals surface area (Å²) < 4.78 is 7.12. The van der Waals surface area contributed by atoms with Crippen molar-refractivity contribution in [3.63, 3.8) is 0 Å². The summed E-state index contributed by atoms with van der Waals surface area (Å²) in [7, 11) is 0. The van der Waals surface area contributed by atoms with E-state index < -0.39 is 0 Å². The molecule has 1 aliphatic rings. The lowest BCUT2D eigenvalue weighted by Crippen LogP contribution is -2.29. The number of hydrogen-bond donors (Lipinski definition) is 1. The number of carbonyl (C=O) groups is 1. The van der Waals surface area contributed by atoms with Gasteiger partial charge in [0.2, 0.25) is 5.88 Å². The molecular weight excluding hydrogens is 346 g/mol. The smallest absolute Gasteiger partial charge is 0.272 e. The molecule has 0 spiro atoms. The minimum atomic E-state index is -0.243. The number of fused-ring (bicyclic) bond motifs is 1. The number of halogens is 1. The third kappa shape index (κ3) is 2.90. The topological polar surface area (TPSA) is 56.2 Å². The molecule has 0 aliphatic carbocycles. The van der Waals surface area contributed by atoms with Gasteiger partial charge in [-0.15, -0.1) is 11.3 Å². The first-order chi connectivity index (χ1) is 11.7. The number of nitrogens with zero attached hydrogens (tertiary/aromatic N) is 2. The van der Waals surface area contributed by atoms with Gasteiger partial charge < -0.3 is 10.1 Å². The van der Waals surface area contributed by atoms with Crippen molar-refractivity contribution < 1.29 is 9.53 Å². The molecule has 0 saturated carbocycles. The van der Waals surface area contributed by atoms with Crippen LogP contribution in [0.1, 0.15) is 27.0 Å². The Morgan fingerprint density at radius 3 is 2.88 bits per heavy atom. The summed E-state index contributed by atoms with van der Waals surface area (Å²) in [5, 5.41) is 10.0. The number of thiophene rings is 1. The molecule has 2 aromatic heterocycles. The van der Waals surface area contributed by atoms with Gasteiger partial charge in [-0.25, -0.2) is 4.68 Å². The molecule has 7 heteroatoms. The predicted octanol–water partition coefficient (Wildman–Crippen LogP) is 3.51. The highest BCUT2D eigenvalue weighted by molar-refractivity contribution is 7.10. The van der Waals surface area contributed by atoms with Crippen molar-refractivity contribution in [1.82, 2.24) is 15.1 Å². The van der Waals surface area contributed by atoms with E-state index in [-0.39, 0.29) is 11.9 Å². The van der Waals surface area contributed by atoms with Crippen LogP contribution in [0.15, 0.2) is 47.8 Å². The van der Waals surface area contributed by atoms with Crippen LogP contribution in [0, 0.1) is 0 Å². The summed E-state index contributed by atoms with van der Waals surface area (Å²) in [5.74, 6) is 0.410. The maximum Gasteiger partial charge on any atom is 0.272 e. The molecule has 0 saturated heterocycles. The number of aromatic nitrogens is 2. The third-order valence-electron chi connectivity index (χ3n) is 3.84. The number of benzene rings is 1. The van der Waals surface area contributed by atoms with Gasteiger partial charge in [-0.2, -0.15) is 5.10 Å². The van der Waals surface area contributed by atoms with Crippen LogP contribution in [-0.2, 0) is 6.54 Å². The molecule has 122 valence electrons. The standard InChI is InChI=1S/C17H14ClN3O2S/c18-12-5-3-11(4-6-12)16(14-2-1-9-24-14)19-17(22)13-10-15-21(20-13)7-8-23-15/h1-6,9-10,16H,7-8H2,(H,19,22). The first-order valence-electron chi connectivity index (χ1n) is 7.51. The highest BCUT2D eigenvalue weighted by atomic mass is 35.5. The zero-order valence-electron chi connectivity index (χ0n) is 12.6. The number of rotatable bonds is 4. The SMILES string of the molecule is O=C(NC(c1ccc(Cl)cc1)c1cccs1)c1cc2n(n1)CCO2. The molecule has 5 nitrogen and oxygen atoms in total. The van der Waals surface area contributed by atoms with Crippen LogP contribution in [0.2, 0.25) is 5.02 Å². The van der Waals surface area contributed by atoms with E-state index in [0.717, 1.165) is 10.4 Å². The summed E-state index contributed by atoms with van der Waals surface area (Å²) in [4.78, 5) is 13.7. The van der Waals surface area contributed by atoms with Gasteiger partial charge in [-0.3, -0.25) is 4.79 Å². The van der Waals surface area contributed by atoms with E-state index in [9.17, 15) is 4.79 Å². The van der Waals surface area contributed by atoms with Crippen molar-refractivity contribution in [2.45, 2.75) is 12.6 Å². The van der Waals surface area contributed by atoms with E-state index in [1.54, 1.807) is 22.1 Å². The third-order valence-corrected chi connectivity index (χ3v) is 5.02. The summed E-state index contributed by atoms with van der Waals surface area (Å²) in [6.07, 6.45) is 0. The van der Waals surface area contributed by atoms with Gasteiger partial charge in [-0.1, -0.05) is 29.8 Å². The van der Waals surface area contributed by atoms with E-state index >= 15 is 0 Å². The van der Waals surface area contributed by atoms with Crippen molar-refractivity contribution in [3.05, 3.63) is 69.0 Å². The van der Waals surface area contributed by atoms with Crippen molar-refractivity contribution in [1.29, 1.82) is 0 Å². The Balaban J connectivity index is 1.61. The molecule has 0 bridgehead atoms. The lowest BCUT2D eigenvalue weighted by atomic mass is 10.1. The quantitative estimate of drug-likeness (QED) is 0.775. The van der Waals surface area contributed by atoms with Crippen LogP contribution < -0.4 is 10.1 Å². The maximum atomic E-state index is 12.6. The molecule has 1 amide bonds. The van der Waals surface area contributed by atoms with Gasteiger partial charge in [0, 0.05) is 16.0 Å². The molecule has 4 rings (SSSR count). The summed E-state index contributed by atoms with van der Waals surface area (Å²) >= 11 is 7.57. The van der Waals surface area contributed by atoms with Crippen molar-refractivity contribution in [2.75, 3.05) is 6.61 Å². The molecule has 1 aliphatic heterocycles. The average Bonchev–Trinajstić information content (AvgIpc) is 3.30. The molecular formula is C17H14ClN3O2S. The van der Waals surface area contributed by atoms with Crippen molar-refractivity contribution >= 4 is 28.8 Å². The number of carbonyl (C=O) groups excluding carboxylic acids is 1. The Hall–Kier alpha value is -2.31. The average molecular weight is 360 g/mol. The summed E-state index contributed by atoms with van der Waals surface area (Å²) in [6.45, 7) is 1.28. The van der Waals surface area contributed by atoms with E-state index in [1.165, 1.54) is 0 Å². The number of hydrogen-bond acceptors (Lipinski definition) is 4. The Morgan fingerprint density at radius 1 is 1.33 bits per heavy atom. The molecule has 1 atom stereocenters. The number of nitrogens with one attached hydrogen (secondary N) is 1. The van der Waals surface area contributed by atoms with Crippen LogP contribution in [0.3, 0.4) is 0 Å². The first kappa shape index (κ1) is 15.2. The van der Waals surface area contributed by atoms with E-state index in [4.69, 9.17) is 16.3 Å². The van der Waals surface area contributed by atoms with Gasteiger partial charge in [0.25, 0.3) is 5.91 Å². The number of amides is 1. The molecule has 0 fully saturated rings. The van der Waals surface area contributed by atoms with Gasteiger partial charge >= 0.3 is 0 Å². The predicted molar refractivity (Wildman–Crippen MR) is 92.8 cm³/mol. The monoisotopic (exact) mass is 359 g/mol. The van der Waals surface area contributed by atoms with E-state index in [1.807, 2.05) is 41.8 Å². The van der Waals surface area contributed by atoms with Crippen molar-refractivity contribution in [3.8, 4) is 5.88 Å². The minimum absolute atomic E-state index is 0.228. The van der Waals surface area contributed by atoms with Crippen LogP contribution in [0.5, 0.6) is 5.88 Å². The second-order valence-electron chi connectivity index (χ2n) is 5.41. The van der Waals surface area contributed by atoms with Crippen LogP contribution in [0.25, 0.3) is 0 Å². The maximum absolute atomic E-state index is 12.6. The fourth-order valence-electron chi connectivity index (χ4n) is 2.66. The van der Waals surface area contributed by atoms with Crippen LogP contribution in [0.4, 0.5) is 0 Å². The van der Waals surface area contributed by atoms with Gasteiger partial charge in [-0.05, 0) is 29.1 Å². The summed E-state index contributed by atoms with van der Waals surface area (Å²) in [6, 6.07) is 12.9. The molecule has 1 aromatic carbocycles. The number of ether oxygens (including phenoxy) is 1. The Kier molecular flexibility index (Phi) is 4.00. The fraction of sp³-hybridized carbons (Fsp3) is 0.176. The van der Waals surface area contributed by atoms with E-state index in [0.29, 0.717) is 29.7 Å². The molecule has 3 aromatic rings. The second-order valence-corrected chi connectivity index (χ2v) is 6.83. The van der Waals surface area contributed by atoms with Crippen molar-refractivity contribution in [2.24, 2.45) is 0 Å². The minimum Gasteiger partial charge on any atom is -0.476 e. The Morgan fingerprint density at radius 2 is 2.17 bits per heavy atom. The molecule has 24 heavy (non-hydrogen) atoms. The molecule has 1 N–H and O–H groups in total. The highest BCUT2D eigenvalue weighted by Crippen LogP contribution is 2.28. The molecule has 1 unspecified atom stereocenters. The second kappa shape index (κ2) is 6.30. The van der Waals surface area contributed by atoms with Gasteiger partial charge in [0.1, 0.15) is 6.61 Å². The Labute approximate surface area is 147 Å². The highest BCUT2D eigenvalue weighted by Gasteiger charge is 2.23. The fourth-order valence-corrected chi connectivity index (χ4v) is 3.59. The van der Waals surface area contributed by atoms with Gasteiger partial charge in [0.15, 0.2) is 5.69 Å². The lowest BCUT2D eigenvalue weighted by Gasteiger charge is -2.17.